The molecule has 2 rings (SSSR count). The number of nitro benzene ring substituents is 1. The van der Waals surface area contributed by atoms with Gasteiger partial charge in [-0.3, -0.25) is 10.1 Å². The van der Waals surface area contributed by atoms with Gasteiger partial charge >= 0.3 is 0 Å². The van der Waals surface area contributed by atoms with Gasteiger partial charge in [-0.2, -0.15) is 0 Å². The lowest BCUT2D eigenvalue weighted by Gasteiger charge is -2.00. The minimum Gasteiger partial charge on any atom is -0.360 e. The number of nitrogens with zero attached hydrogens (tertiary/aromatic N) is 3. The number of rotatable bonds is 7. The second kappa shape index (κ2) is 7.58. The van der Waals surface area contributed by atoms with E-state index in [-0.39, 0.29) is 5.69 Å². The van der Waals surface area contributed by atoms with Gasteiger partial charge in [-0.1, -0.05) is 48.0 Å². The molecule has 0 aliphatic carbocycles. The highest BCUT2D eigenvalue weighted by Crippen LogP contribution is 2.37. The molecule has 0 aliphatic heterocycles. The summed E-state index contributed by atoms with van der Waals surface area (Å²) in [5, 5.41) is 23.1. The fourth-order valence-electron chi connectivity index (χ4n) is 1.47. The van der Waals surface area contributed by atoms with Gasteiger partial charge in [0.1, 0.15) is 0 Å². The molecule has 1 aromatic carbocycles. The Bertz CT molecular complexity index is 635. The molecule has 0 atom stereocenters. The summed E-state index contributed by atoms with van der Waals surface area (Å²) in [4.78, 5) is 10.9. The van der Waals surface area contributed by atoms with Crippen molar-refractivity contribution in [2.24, 2.45) is 0 Å². The maximum absolute atomic E-state index is 10.7. The fraction of sp³-hybridized carbons (Fsp3) is 0.333. The number of nitro groups is 1. The highest BCUT2D eigenvalue weighted by atomic mass is 35.5. The molecule has 1 aromatic heterocycles. The van der Waals surface area contributed by atoms with E-state index < -0.39 is 4.92 Å². The third-order valence-electron chi connectivity index (χ3n) is 2.54. The van der Waals surface area contributed by atoms with Crippen molar-refractivity contribution < 1.29 is 4.92 Å². The molecule has 1 N–H and O–H groups in total. The Hall–Kier alpha value is -1.38. The first-order valence-electron chi connectivity index (χ1n) is 6.29. The van der Waals surface area contributed by atoms with Crippen molar-refractivity contribution >= 4 is 45.5 Å². The standard InChI is InChI=1S/C12H13ClN4O2S2/c1-2-3-6-14-11-15-16-12(21-11)20-10-5-4-8(17(18)19)7-9(10)13/h4-5,7H,2-3,6H2,1H3,(H,14,15). The van der Waals surface area contributed by atoms with E-state index in [0.29, 0.717) is 5.02 Å². The Labute approximate surface area is 135 Å². The smallest absolute Gasteiger partial charge is 0.270 e. The fourth-order valence-corrected chi connectivity index (χ4v) is 3.50. The molecule has 0 fully saturated rings. The van der Waals surface area contributed by atoms with Crippen molar-refractivity contribution in [3.05, 3.63) is 33.3 Å². The minimum atomic E-state index is -0.471. The van der Waals surface area contributed by atoms with Crippen LogP contribution in [0.1, 0.15) is 19.8 Å². The first kappa shape index (κ1) is 16.0. The van der Waals surface area contributed by atoms with Crippen LogP contribution in [-0.4, -0.2) is 21.7 Å². The molecule has 0 amide bonds. The first-order chi connectivity index (χ1) is 10.1. The molecule has 0 saturated heterocycles. The summed E-state index contributed by atoms with van der Waals surface area (Å²) in [5.41, 5.74) is -0.0245. The summed E-state index contributed by atoms with van der Waals surface area (Å²) < 4.78 is 0.741. The molecule has 2 aromatic rings. The number of non-ortho nitro benzene ring substituents is 1. The van der Waals surface area contributed by atoms with Crippen LogP contribution < -0.4 is 5.32 Å². The lowest BCUT2D eigenvalue weighted by Crippen LogP contribution is -1.99. The number of anilines is 1. The van der Waals surface area contributed by atoms with Gasteiger partial charge in [0.15, 0.2) is 4.34 Å². The second-order valence-corrected chi connectivity index (χ2v) is 6.80. The molecule has 9 heteroatoms. The van der Waals surface area contributed by atoms with Crippen LogP contribution in [0.5, 0.6) is 0 Å². The average Bonchev–Trinajstić information content (AvgIpc) is 2.89. The number of nitrogens with one attached hydrogen (secondary N) is 1. The Balaban J connectivity index is 2.03. The molecule has 112 valence electrons. The van der Waals surface area contributed by atoms with Gasteiger partial charge < -0.3 is 5.32 Å². The number of unbranched alkanes of at least 4 members (excludes halogenated alkanes) is 1. The number of benzene rings is 1. The topological polar surface area (TPSA) is 81.0 Å². The first-order valence-corrected chi connectivity index (χ1v) is 8.30. The average molecular weight is 345 g/mol. The molecule has 0 saturated carbocycles. The van der Waals surface area contributed by atoms with E-state index in [1.54, 1.807) is 6.07 Å². The maximum Gasteiger partial charge on any atom is 0.270 e. The Morgan fingerprint density at radius 3 is 2.95 bits per heavy atom. The van der Waals surface area contributed by atoms with Gasteiger partial charge in [0.25, 0.3) is 5.69 Å². The summed E-state index contributed by atoms with van der Waals surface area (Å²) in [6.45, 7) is 2.99. The largest absolute Gasteiger partial charge is 0.360 e. The molecule has 21 heavy (non-hydrogen) atoms. The zero-order valence-corrected chi connectivity index (χ0v) is 13.6. The molecule has 6 nitrogen and oxygen atoms in total. The lowest BCUT2D eigenvalue weighted by molar-refractivity contribution is -0.384. The van der Waals surface area contributed by atoms with Crippen molar-refractivity contribution in [3.63, 3.8) is 0 Å². The minimum absolute atomic E-state index is 0.0245. The Kier molecular flexibility index (Phi) is 5.77. The van der Waals surface area contributed by atoms with Gasteiger partial charge in [-0.25, -0.2) is 0 Å². The van der Waals surface area contributed by atoms with E-state index >= 15 is 0 Å². The van der Waals surface area contributed by atoms with Gasteiger partial charge in [0.2, 0.25) is 5.13 Å². The number of halogens is 1. The maximum atomic E-state index is 10.7. The predicted molar refractivity (Wildman–Crippen MR) is 85.5 cm³/mol. The van der Waals surface area contributed by atoms with Gasteiger partial charge in [-0.05, 0) is 12.5 Å². The zero-order chi connectivity index (χ0) is 15.2. The Morgan fingerprint density at radius 1 is 1.48 bits per heavy atom. The summed E-state index contributed by atoms with van der Waals surface area (Å²) in [7, 11) is 0. The van der Waals surface area contributed by atoms with E-state index in [1.807, 2.05) is 0 Å². The quantitative estimate of drug-likeness (QED) is 0.453. The van der Waals surface area contributed by atoms with Crippen LogP contribution >= 0.6 is 34.7 Å². The van der Waals surface area contributed by atoms with Gasteiger partial charge in [-0.15, -0.1) is 10.2 Å². The molecule has 0 spiro atoms. The van der Waals surface area contributed by atoms with Crippen LogP contribution in [0.15, 0.2) is 27.4 Å². The molecule has 0 unspecified atom stereocenters. The van der Waals surface area contributed by atoms with Crippen molar-refractivity contribution in [2.75, 3.05) is 11.9 Å². The summed E-state index contributed by atoms with van der Waals surface area (Å²) in [6.07, 6.45) is 2.20. The van der Waals surface area contributed by atoms with E-state index in [1.165, 1.54) is 35.2 Å². The molecule has 0 bridgehead atoms. The van der Waals surface area contributed by atoms with E-state index in [0.717, 1.165) is 33.8 Å². The van der Waals surface area contributed by atoms with Crippen LogP contribution in [0.3, 0.4) is 0 Å². The molecular formula is C12H13ClN4O2S2. The molecule has 0 radical (unpaired) electrons. The molecular weight excluding hydrogens is 332 g/mol. The summed E-state index contributed by atoms with van der Waals surface area (Å²) in [5.74, 6) is 0. The van der Waals surface area contributed by atoms with Crippen molar-refractivity contribution in [1.29, 1.82) is 0 Å². The van der Waals surface area contributed by atoms with Crippen LogP contribution in [0, 0.1) is 10.1 Å². The van der Waals surface area contributed by atoms with Gasteiger partial charge in [0, 0.05) is 23.6 Å². The monoisotopic (exact) mass is 344 g/mol. The third-order valence-corrected chi connectivity index (χ3v) is 4.97. The van der Waals surface area contributed by atoms with Crippen LogP contribution in [0.2, 0.25) is 5.02 Å². The lowest BCUT2D eigenvalue weighted by atomic mass is 10.3. The zero-order valence-electron chi connectivity index (χ0n) is 11.2. The highest BCUT2D eigenvalue weighted by Gasteiger charge is 2.12. The molecule has 1 heterocycles. The normalized spacial score (nSPS) is 10.6. The van der Waals surface area contributed by atoms with Crippen molar-refractivity contribution in [1.82, 2.24) is 10.2 Å². The number of hydrogen-bond acceptors (Lipinski definition) is 7. The number of aromatic nitrogens is 2. The van der Waals surface area contributed by atoms with Crippen molar-refractivity contribution in [3.8, 4) is 0 Å². The van der Waals surface area contributed by atoms with E-state index in [9.17, 15) is 10.1 Å². The predicted octanol–water partition coefficient (Wildman–Crippen LogP) is 4.46. The summed E-state index contributed by atoms with van der Waals surface area (Å²) >= 11 is 8.83. The Morgan fingerprint density at radius 2 is 2.29 bits per heavy atom. The van der Waals surface area contributed by atoms with Crippen molar-refractivity contribution in [2.45, 2.75) is 29.0 Å². The van der Waals surface area contributed by atoms with E-state index in [4.69, 9.17) is 11.6 Å². The molecule has 0 aliphatic rings. The van der Waals surface area contributed by atoms with Crippen LogP contribution in [0.25, 0.3) is 0 Å². The SMILES string of the molecule is CCCCNc1nnc(Sc2ccc([N+](=O)[O-])cc2Cl)s1. The van der Waals surface area contributed by atoms with Crippen LogP contribution in [-0.2, 0) is 0 Å². The number of hydrogen-bond donors (Lipinski definition) is 1. The summed E-state index contributed by atoms with van der Waals surface area (Å²) in [6, 6.07) is 4.39. The third kappa shape index (κ3) is 4.55. The second-order valence-electron chi connectivity index (χ2n) is 4.13. The van der Waals surface area contributed by atoms with E-state index in [2.05, 4.69) is 22.4 Å². The van der Waals surface area contributed by atoms with Gasteiger partial charge in [0.05, 0.1) is 9.95 Å². The highest BCUT2D eigenvalue weighted by molar-refractivity contribution is 8.01. The van der Waals surface area contributed by atoms with Crippen LogP contribution in [0.4, 0.5) is 10.8 Å².